The minimum atomic E-state index is -0.245. The molecule has 2 aliphatic rings. The maximum atomic E-state index is 13.0. The number of aromatic nitrogens is 2. The van der Waals surface area contributed by atoms with Crippen LogP contribution in [0.2, 0.25) is 0 Å². The Morgan fingerprint density at radius 1 is 1.12 bits per heavy atom. The quantitative estimate of drug-likeness (QED) is 0.576. The molecular formula is C25H31N5O2. The maximum Gasteiger partial charge on any atom is 0.257 e. The highest BCUT2D eigenvalue weighted by atomic mass is 16.3. The summed E-state index contributed by atoms with van der Waals surface area (Å²) in [7, 11) is 0. The molecule has 3 aromatic rings. The lowest BCUT2D eigenvalue weighted by atomic mass is 10.1. The molecule has 0 aliphatic carbocycles. The van der Waals surface area contributed by atoms with Crippen LogP contribution in [0.25, 0.3) is 11.0 Å². The highest BCUT2D eigenvalue weighted by molar-refractivity contribution is 6.04. The van der Waals surface area contributed by atoms with Crippen molar-refractivity contribution in [2.24, 2.45) is 0 Å². The molecule has 0 spiro atoms. The summed E-state index contributed by atoms with van der Waals surface area (Å²) in [4.78, 5) is 20.1. The van der Waals surface area contributed by atoms with Crippen molar-refractivity contribution >= 4 is 22.9 Å². The van der Waals surface area contributed by atoms with Crippen LogP contribution in [-0.2, 0) is 6.54 Å². The van der Waals surface area contributed by atoms with Crippen molar-refractivity contribution in [2.45, 2.75) is 44.4 Å². The molecule has 0 bridgehead atoms. The van der Waals surface area contributed by atoms with Crippen molar-refractivity contribution in [3.63, 3.8) is 0 Å². The molecule has 0 radical (unpaired) electrons. The molecule has 7 nitrogen and oxygen atoms in total. The summed E-state index contributed by atoms with van der Waals surface area (Å²) < 4.78 is 2.25. The predicted octanol–water partition coefficient (Wildman–Crippen LogP) is 3.17. The fourth-order valence-electron chi connectivity index (χ4n) is 4.97. The number of likely N-dealkylation sites (tertiary alicyclic amines) is 1. The first kappa shape index (κ1) is 21.1. The molecule has 3 heterocycles. The van der Waals surface area contributed by atoms with Gasteiger partial charge >= 0.3 is 0 Å². The van der Waals surface area contributed by atoms with E-state index >= 15 is 0 Å². The Bertz CT molecular complexity index is 1070. The van der Waals surface area contributed by atoms with Crippen LogP contribution in [-0.4, -0.2) is 57.7 Å². The third-order valence-electron chi connectivity index (χ3n) is 6.58. The number of nitrogens with one attached hydrogen (secondary N) is 2. The largest absolute Gasteiger partial charge is 0.392 e. The first-order valence-electron chi connectivity index (χ1n) is 11.7. The monoisotopic (exact) mass is 433 g/mol. The van der Waals surface area contributed by atoms with Crippen LogP contribution in [0, 0.1) is 0 Å². The number of aliphatic hydroxyl groups excluding tert-OH is 1. The Labute approximate surface area is 188 Å². The summed E-state index contributed by atoms with van der Waals surface area (Å²) in [5.41, 5.74) is 3.80. The van der Waals surface area contributed by atoms with Gasteiger partial charge in [0, 0.05) is 37.8 Å². The van der Waals surface area contributed by atoms with E-state index in [9.17, 15) is 9.90 Å². The van der Waals surface area contributed by atoms with Gasteiger partial charge in [0.2, 0.25) is 5.95 Å². The molecule has 1 aromatic heterocycles. The van der Waals surface area contributed by atoms with Crippen molar-refractivity contribution in [3.8, 4) is 0 Å². The molecule has 1 amide bonds. The second-order valence-corrected chi connectivity index (χ2v) is 8.94. The number of hydrogen-bond donors (Lipinski definition) is 3. The number of imidazole rings is 1. The number of fused-ring (bicyclic) bond motifs is 1. The van der Waals surface area contributed by atoms with E-state index in [1.807, 2.05) is 42.5 Å². The molecule has 2 atom stereocenters. The summed E-state index contributed by atoms with van der Waals surface area (Å²) in [6, 6.07) is 15.7. The number of aliphatic hydroxyl groups is 1. The van der Waals surface area contributed by atoms with Crippen LogP contribution in [0.4, 0.5) is 5.95 Å². The van der Waals surface area contributed by atoms with Gasteiger partial charge in [-0.05, 0) is 49.6 Å². The number of β-amino-alcohol motifs (C(OH)–C–C–N with tert-alkyl or cyclic N) is 1. The third kappa shape index (κ3) is 4.41. The number of anilines is 1. The van der Waals surface area contributed by atoms with E-state index in [4.69, 9.17) is 4.98 Å². The normalized spacial score (nSPS) is 22.2. The molecule has 7 heteroatoms. The molecule has 2 saturated heterocycles. The SMILES string of the molecule is O=C(Nc1nc2cccc(CN3CCC(O)C3)c2n1[C@@H]1CCCCNC1)c1ccccc1. The lowest BCUT2D eigenvalue weighted by molar-refractivity contribution is 0.102. The first-order valence-corrected chi connectivity index (χ1v) is 11.7. The van der Waals surface area contributed by atoms with E-state index in [0.717, 1.165) is 62.9 Å². The number of amides is 1. The van der Waals surface area contributed by atoms with Crippen LogP contribution in [0.3, 0.4) is 0 Å². The van der Waals surface area contributed by atoms with Gasteiger partial charge < -0.3 is 15.0 Å². The summed E-state index contributed by atoms with van der Waals surface area (Å²) in [6.07, 6.45) is 3.92. The molecule has 5 rings (SSSR count). The van der Waals surface area contributed by atoms with Gasteiger partial charge in [-0.3, -0.25) is 15.0 Å². The van der Waals surface area contributed by atoms with Crippen LogP contribution >= 0.6 is 0 Å². The molecule has 2 fully saturated rings. The average Bonchev–Trinajstić information content (AvgIpc) is 3.27. The van der Waals surface area contributed by atoms with E-state index in [-0.39, 0.29) is 18.1 Å². The number of rotatable bonds is 5. The van der Waals surface area contributed by atoms with Crippen LogP contribution in [0.5, 0.6) is 0 Å². The molecule has 0 saturated carbocycles. The fourth-order valence-corrected chi connectivity index (χ4v) is 4.97. The minimum Gasteiger partial charge on any atom is -0.392 e. The molecule has 2 aliphatic heterocycles. The van der Waals surface area contributed by atoms with Crippen LogP contribution in [0.15, 0.2) is 48.5 Å². The molecule has 2 aromatic carbocycles. The van der Waals surface area contributed by atoms with E-state index in [1.54, 1.807) is 0 Å². The predicted molar refractivity (Wildman–Crippen MR) is 126 cm³/mol. The summed E-state index contributed by atoms with van der Waals surface area (Å²) in [6.45, 7) is 4.25. The van der Waals surface area contributed by atoms with Gasteiger partial charge in [0.15, 0.2) is 0 Å². The molecule has 32 heavy (non-hydrogen) atoms. The van der Waals surface area contributed by atoms with Crippen LogP contribution in [0.1, 0.15) is 47.6 Å². The molecule has 168 valence electrons. The van der Waals surface area contributed by atoms with Gasteiger partial charge in [-0.15, -0.1) is 0 Å². The fraction of sp³-hybridized carbons (Fsp3) is 0.440. The standard InChI is InChI=1S/C25H31N5O2/c31-21-12-14-29(17-21)16-19-9-6-11-22-23(19)30(20-10-4-5-13-26-15-20)25(27-22)28-24(32)18-7-2-1-3-8-18/h1-3,6-9,11,20-21,26,31H,4-5,10,12-17H2,(H,27,28,32)/t20-,21?/m1/s1. The van der Waals surface area contributed by atoms with E-state index in [2.05, 4.69) is 26.2 Å². The van der Waals surface area contributed by atoms with E-state index in [0.29, 0.717) is 18.1 Å². The molecule has 1 unspecified atom stereocenters. The number of para-hydroxylation sites is 1. The number of carbonyl (C=O) groups is 1. The van der Waals surface area contributed by atoms with Crippen molar-refractivity contribution < 1.29 is 9.90 Å². The number of carbonyl (C=O) groups excluding carboxylic acids is 1. The summed E-state index contributed by atoms with van der Waals surface area (Å²) >= 11 is 0. The van der Waals surface area contributed by atoms with E-state index < -0.39 is 0 Å². The van der Waals surface area contributed by atoms with Crippen LogP contribution < -0.4 is 10.6 Å². The van der Waals surface area contributed by atoms with E-state index in [1.165, 1.54) is 5.56 Å². The smallest absolute Gasteiger partial charge is 0.257 e. The lowest BCUT2D eigenvalue weighted by Gasteiger charge is -2.23. The van der Waals surface area contributed by atoms with Gasteiger partial charge in [-0.1, -0.05) is 36.8 Å². The maximum absolute atomic E-state index is 13.0. The summed E-state index contributed by atoms with van der Waals surface area (Å²) in [5.74, 6) is 0.462. The van der Waals surface area contributed by atoms with Crippen molar-refractivity contribution in [1.29, 1.82) is 0 Å². The number of nitrogens with zero attached hydrogens (tertiary/aromatic N) is 3. The van der Waals surface area contributed by atoms with Crippen molar-refractivity contribution in [2.75, 3.05) is 31.5 Å². The second-order valence-electron chi connectivity index (χ2n) is 8.94. The molecular weight excluding hydrogens is 402 g/mol. The minimum absolute atomic E-state index is 0.145. The zero-order chi connectivity index (χ0) is 21.9. The Kier molecular flexibility index (Phi) is 6.21. The van der Waals surface area contributed by atoms with Gasteiger partial charge in [-0.25, -0.2) is 4.98 Å². The first-order chi connectivity index (χ1) is 15.7. The van der Waals surface area contributed by atoms with Crippen molar-refractivity contribution in [1.82, 2.24) is 19.8 Å². The Balaban J connectivity index is 1.55. The Hall–Kier alpha value is -2.74. The topological polar surface area (TPSA) is 82.4 Å². The van der Waals surface area contributed by atoms with Crippen molar-refractivity contribution in [3.05, 3.63) is 59.7 Å². The highest BCUT2D eigenvalue weighted by Gasteiger charge is 2.26. The van der Waals surface area contributed by atoms with Gasteiger partial charge in [0.1, 0.15) is 0 Å². The molecule has 3 N–H and O–H groups in total. The Morgan fingerprint density at radius 2 is 2.00 bits per heavy atom. The Morgan fingerprint density at radius 3 is 2.81 bits per heavy atom. The van der Waals surface area contributed by atoms with Gasteiger partial charge in [-0.2, -0.15) is 0 Å². The van der Waals surface area contributed by atoms with Gasteiger partial charge in [0.25, 0.3) is 5.91 Å². The summed E-state index contributed by atoms with van der Waals surface area (Å²) in [5, 5.41) is 16.6. The number of benzene rings is 2. The second kappa shape index (κ2) is 9.40. The van der Waals surface area contributed by atoms with Gasteiger partial charge in [0.05, 0.1) is 17.1 Å². The third-order valence-corrected chi connectivity index (χ3v) is 6.58. The number of hydrogen-bond acceptors (Lipinski definition) is 5. The zero-order valence-corrected chi connectivity index (χ0v) is 18.3. The average molecular weight is 434 g/mol. The zero-order valence-electron chi connectivity index (χ0n) is 18.3. The lowest BCUT2D eigenvalue weighted by Crippen LogP contribution is -2.26. The highest BCUT2D eigenvalue weighted by Crippen LogP contribution is 2.32.